The minimum absolute atomic E-state index is 0.0602. The minimum atomic E-state index is -0.436. The number of rotatable bonds is 6. The zero-order valence-corrected chi connectivity index (χ0v) is 9.60. The first kappa shape index (κ1) is 12.0. The molecule has 0 saturated heterocycles. The Morgan fingerprint density at radius 2 is 2.11 bits per heavy atom. The summed E-state index contributed by atoms with van der Waals surface area (Å²) in [5.74, 6) is 0.624. The van der Waals surface area contributed by atoms with Crippen molar-refractivity contribution in [3.63, 3.8) is 0 Å². The Labute approximate surface area is 103 Å². The first-order valence-electron chi connectivity index (χ1n) is 5.47. The molecule has 94 valence electrons. The number of hydrogen-bond donors (Lipinski definition) is 0. The van der Waals surface area contributed by atoms with E-state index < -0.39 is 4.92 Å². The van der Waals surface area contributed by atoms with Crippen molar-refractivity contribution in [3.8, 4) is 5.75 Å². The SMILES string of the molecule is O=[N+]([O-])c1ccc(OCCCn2ccnn2)cc1. The molecule has 0 aliphatic heterocycles. The third-order valence-corrected chi connectivity index (χ3v) is 2.32. The Bertz CT molecular complexity index is 496. The third-order valence-electron chi connectivity index (χ3n) is 2.32. The van der Waals surface area contributed by atoms with Crippen LogP contribution in [0.4, 0.5) is 5.69 Å². The Morgan fingerprint density at radius 3 is 2.72 bits per heavy atom. The predicted octanol–water partition coefficient (Wildman–Crippen LogP) is 1.66. The molecule has 0 aliphatic rings. The summed E-state index contributed by atoms with van der Waals surface area (Å²) in [6.07, 6.45) is 4.20. The van der Waals surface area contributed by atoms with Crippen molar-refractivity contribution in [2.24, 2.45) is 0 Å². The van der Waals surface area contributed by atoms with Crippen LogP contribution in [0.2, 0.25) is 0 Å². The second-order valence-electron chi connectivity index (χ2n) is 3.62. The number of nitro groups is 1. The Morgan fingerprint density at radius 1 is 1.33 bits per heavy atom. The molecule has 0 N–H and O–H groups in total. The van der Waals surface area contributed by atoms with E-state index in [1.54, 1.807) is 29.2 Å². The smallest absolute Gasteiger partial charge is 0.269 e. The zero-order chi connectivity index (χ0) is 12.8. The van der Waals surface area contributed by atoms with E-state index >= 15 is 0 Å². The van der Waals surface area contributed by atoms with Gasteiger partial charge in [-0.2, -0.15) is 0 Å². The van der Waals surface area contributed by atoms with Gasteiger partial charge in [0, 0.05) is 31.3 Å². The molecule has 2 rings (SSSR count). The van der Waals surface area contributed by atoms with Gasteiger partial charge in [0.25, 0.3) is 5.69 Å². The van der Waals surface area contributed by atoms with Gasteiger partial charge in [-0.1, -0.05) is 5.21 Å². The normalized spacial score (nSPS) is 10.2. The lowest BCUT2D eigenvalue weighted by Crippen LogP contribution is -2.05. The van der Waals surface area contributed by atoms with E-state index in [9.17, 15) is 10.1 Å². The average molecular weight is 248 g/mol. The van der Waals surface area contributed by atoms with Gasteiger partial charge in [0.05, 0.1) is 17.7 Å². The second kappa shape index (κ2) is 5.76. The fourth-order valence-electron chi connectivity index (χ4n) is 1.43. The Hall–Kier alpha value is -2.44. The molecule has 7 heteroatoms. The molecule has 0 aliphatic carbocycles. The van der Waals surface area contributed by atoms with Gasteiger partial charge in [-0.25, -0.2) is 0 Å². The van der Waals surface area contributed by atoms with E-state index in [1.165, 1.54) is 12.1 Å². The highest BCUT2D eigenvalue weighted by molar-refractivity contribution is 5.35. The van der Waals surface area contributed by atoms with Gasteiger partial charge in [0.1, 0.15) is 5.75 Å². The van der Waals surface area contributed by atoms with Crippen LogP contribution in [-0.2, 0) is 6.54 Å². The van der Waals surface area contributed by atoms with Gasteiger partial charge in [-0.3, -0.25) is 14.8 Å². The first-order valence-corrected chi connectivity index (χ1v) is 5.47. The highest BCUT2D eigenvalue weighted by Crippen LogP contribution is 2.17. The maximum atomic E-state index is 10.5. The summed E-state index contributed by atoms with van der Waals surface area (Å²) >= 11 is 0. The van der Waals surface area contributed by atoms with Crippen LogP contribution in [0, 0.1) is 10.1 Å². The van der Waals surface area contributed by atoms with Crippen LogP contribution < -0.4 is 4.74 Å². The molecule has 0 bridgehead atoms. The van der Waals surface area contributed by atoms with Crippen molar-refractivity contribution in [2.75, 3.05) is 6.61 Å². The van der Waals surface area contributed by atoms with Crippen LogP contribution in [-0.4, -0.2) is 26.5 Å². The molecule has 0 spiro atoms. The molecule has 0 fully saturated rings. The van der Waals surface area contributed by atoms with Crippen molar-refractivity contribution in [1.82, 2.24) is 15.0 Å². The monoisotopic (exact) mass is 248 g/mol. The topological polar surface area (TPSA) is 83.1 Å². The number of benzene rings is 1. The quantitative estimate of drug-likeness (QED) is 0.441. The number of nitro benzene ring substituents is 1. The number of hydrogen-bond acceptors (Lipinski definition) is 5. The maximum Gasteiger partial charge on any atom is 0.269 e. The molecule has 0 radical (unpaired) electrons. The third kappa shape index (κ3) is 3.27. The molecule has 0 unspecified atom stereocenters. The molecule has 0 saturated carbocycles. The minimum Gasteiger partial charge on any atom is -0.494 e. The molecule has 1 heterocycles. The fraction of sp³-hybridized carbons (Fsp3) is 0.273. The van der Waals surface area contributed by atoms with E-state index in [2.05, 4.69) is 10.3 Å². The lowest BCUT2D eigenvalue weighted by atomic mass is 10.3. The van der Waals surface area contributed by atoms with Crippen molar-refractivity contribution in [3.05, 3.63) is 46.8 Å². The molecule has 7 nitrogen and oxygen atoms in total. The van der Waals surface area contributed by atoms with E-state index in [0.29, 0.717) is 12.4 Å². The van der Waals surface area contributed by atoms with Gasteiger partial charge < -0.3 is 4.74 Å². The summed E-state index contributed by atoms with van der Waals surface area (Å²) in [6.45, 7) is 1.25. The van der Waals surface area contributed by atoms with E-state index in [1.807, 2.05) is 0 Å². The van der Waals surface area contributed by atoms with Crippen molar-refractivity contribution < 1.29 is 9.66 Å². The second-order valence-corrected chi connectivity index (χ2v) is 3.62. The molecule has 2 aromatic rings. The molecule has 1 aromatic heterocycles. The molecular formula is C11H12N4O3. The molecular weight excluding hydrogens is 236 g/mol. The van der Waals surface area contributed by atoms with Gasteiger partial charge in [0.2, 0.25) is 0 Å². The van der Waals surface area contributed by atoms with Crippen LogP contribution >= 0.6 is 0 Å². The Kier molecular flexibility index (Phi) is 3.85. The summed E-state index contributed by atoms with van der Waals surface area (Å²) in [4.78, 5) is 10.0. The van der Waals surface area contributed by atoms with E-state index in [-0.39, 0.29) is 5.69 Å². The largest absolute Gasteiger partial charge is 0.494 e. The van der Waals surface area contributed by atoms with Crippen LogP contribution in [0.15, 0.2) is 36.7 Å². The van der Waals surface area contributed by atoms with Crippen LogP contribution in [0.3, 0.4) is 0 Å². The number of non-ortho nitro benzene ring substituents is 1. The van der Waals surface area contributed by atoms with Gasteiger partial charge >= 0.3 is 0 Å². The van der Waals surface area contributed by atoms with Gasteiger partial charge in [-0.05, 0) is 12.1 Å². The highest BCUT2D eigenvalue weighted by Gasteiger charge is 2.04. The zero-order valence-electron chi connectivity index (χ0n) is 9.60. The number of aromatic nitrogens is 3. The van der Waals surface area contributed by atoms with E-state index in [0.717, 1.165) is 13.0 Å². The van der Waals surface area contributed by atoms with Gasteiger partial charge in [0.15, 0.2) is 0 Å². The number of nitrogens with zero attached hydrogens (tertiary/aromatic N) is 4. The number of ether oxygens (including phenoxy) is 1. The summed E-state index contributed by atoms with van der Waals surface area (Å²) < 4.78 is 7.18. The highest BCUT2D eigenvalue weighted by atomic mass is 16.6. The lowest BCUT2D eigenvalue weighted by molar-refractivity contribution is -0.384. The van der Waals surface area contributed by atoms with Crippen LogP contribution in [0.25, 0.3) is 0 Å². The summed E-state index contributed by atoms with van der Waals surface area (Å²) in [5, 5.41) is 18.0. The summed E-state index contributed by atoms with van der Waals surface area (Å²) in [7, 11) is 0. The molecule has 0 amide bonds. The van der Waals surface area contributed by atoms with Crippen molar-refractivity contribution >= 4 is 5.69 Å². The Balaban J connectivity index is 1.75. The van der Waals surface area contributed by atoms with Crippen LogP contribution in [0.5, 0.6) is 5.75 Å². The first-order chi connectivity index (χ1) is 8.75. The lowest BCUT2D eigenvalue weighted by Gasteiger charge is -2.05. The van der Waals surface area contributed by atoms with Crippen LogP contribution in [0.1, 0.15) is 6.42 Å². The molecule has 1 aromatic carbocycles. The summed E-state index contributed by atoms with van der Waals surface area (Å²) in [5.41, 5.74) is 0.0602. The summed E-state index contributed by atoms with van der Waals surface area (Å²) in [6, 6.07) is 6.03. The molecule has 0 atom stereocenters. The molecule has 18 heavy (non-hydrogen) atoms. The van der Waals surface area contributed by atoms with Crippen molar-refractivity contribution in [2.45, 2.75) is 13.0 Å². The standard InChI is InChI=1S/C11H12N4O3/c16-15(17)10-2-4-11(5-3-10)18-9-1-7-14-8-6-12-13-14/h2-6,8H,1,7,9H2. The van der Waals surface area contributed by atoms with Gasteiger partial charge in [-0.15, -0.1) is 5.10 Å². The predicted molar refractivity (Wildman–Crippen MR) is 63.2 cm³/mol. The number of aryl methyl sites for hydroxylation is 1. The average Bonchev–Trinajstić information content (AvgIpc) is 2.88. The van der Waals surface area contributed by atoms with E-state index in [4.69, 9.17) is 4.74 Å². The van der Waals surface area contributed by atoms with Crippen molar-refractivity contribution in [1.29, 1.82) is 0 Å². The fourth-order valence-corrected chi connectivity index (χ4v) is 1.43. The maximum absolute atomic E-state index is 10.5.